The molecule has 0 radical (unpaired) electrons. The molecule has 3 heterocycles. The van der Waals surface area contributed by atoms with Crippen LogP contribution in [0.3, 0.4) is 0 Å². The number of fused-ring (bicyclic) bond motifs is 1. The summed E-state index contributed by atoms with van der Waals surface area (Å²) in [7, 11) is -4.19. The fourth-order valence-electron chi connectivity index (χ4n) is 4.28. The van der Waals surface area contributed by atoms with E-state index in [9.17, 15) is 26.4 Å². The lowest BCUT2D eigenvalue weighted by Gasteiger charge is -2.33. The van der Waals surface area contributed by atoms with Crippen molar-refractivity contribution in [2.75, 3.05) is 18.0 Å². The molecule has 192 valence electrons. The van der Waals surface area contributed by atoms with Gasteiger partial charge in [0.15, 0.2) is 5.13 Å². The van der Waals surface area contributed by atoms with E-state index >= 15 is 0 Å². The van der Waals surface area contributed by atoms with Gasteiger partial charge in [-0.05, 0) is 55.3 Å². The third-order valence-electron chi connectivity index (χ3n) is 6.20. The van der Waals surface area contributed by atoms with E-state index in [0.717, 1.165) is 16.4 Å². The Bertz CT molecular complexity index is 1560. The quantitative estimate of drug-likeness (QED) is 0.349. The van der Waals surface area contributed by atoms with E-state index in [1.54, 1.807) is 30.5 Å². The van der Waals surface area contributed by atoms with Crippen molar-refractivity contribution in [2.24, 2.45) is 5.92 Å². The number of hydrogen-bond acceptors (Lipinski definition) is 6. The largest absolute Gasteiger partial charge is 0.282 e. The monoisotopic (exact) mass is 546 g/mol. The SMILES string of the molecule is O=C(C1CCN(S(=O)(=O)c2ccc(F)cc2F)CC1)N(Cc1ccccn1)c1nc2ccc(F)cc2s1. The summed E-state index contributed by atoms with van der Waals surface area (Å²) in [6.45, 7) is 0.136. The highest BCUT2D eigenvalue weighted by atomic mass is 32.2. The van der Waals surface area contributed by atoms with E-state index in [1.165, 1.54) is 28.4 Å². The van der Waals surface area contributed by atoms with E-state index in [1.807, 2.05) is 0 Å². The number of pyridine rings is 1. The molecule has 0 N–H and O–H groups in total. The summed E-state index contributed by atoms with van der Waals surface area (Å²) in [6, 6.07) is 11.9. The first-order valence-corrected chi connectivity index (χ1v) is 13.7. The van der Waals surface area contributed by atoms with Crippen LogP contribution in [0.25, 0.3) is 10.2 Å². The molecule has 1 saturated heterocycles. The van der Waals surface area contributed by atoms with Gasteiger partial charge in [0.2, 0.25) is 15.9 Å². The Morgan fingerprint density at radius 1 is 1.03 bits per heavy atom. The van der Waals surface area contributed by atoms with Crippen molar-refractivity contribution in [3.8, 4) is 0 Å². The van der Waals surface area contributed by atoms with Crippen LogP contribution in [0.2, 0.25) is 0 Å². The van der Waals surface area contributed by atoms with Gasteiger partial charge < -0.3 is 0 Å². The first-order chi connectivity index (χ1) is 17.7. The fraction of sp³-hybridized carbons (Fsp3) is 0.240. The van der Waals surface area contributed by atoms with Gasteiger partial charge in [0, 0.05) is 31.3 Å². The van der Waals surface area contributed by atoms with Crippen LogP contribution in [0.15, 0.2) is 65.7 Å². The lowest BCUT2D eigenvalue weighted by molar-refractivity contribution is -0.123. The standard InChI is InChI=1S/C25H21F3N4O3S2/c26-17-5-7-23(20(28)13-17)37(34,35)31-11-8-16(9-12-31)24(33)32(15-19-3-1-2-10-29-19)25-30-21-6-4-18(27)14-22(21)36-25/h1-7,10,13-14,16H,8-9,11-12,15H2. The predicted octanol–water partition coefficient (Wildman–Crippen LogP) is 4.74. The number of thiazole rings is 1. The minimum absolute atomic E-state index is 0.00195. The molecule has 12 heteroatoms. The first-order valence-electron chi connectivity index (χ1n) is 11.4. The Hall–Kier alpha value is -3.35. The fourth-order valence-corrected chi connectivity index (χ4v) is 6.79. The van der Waals surface area contributed by atoms with Crippen LogP contribution in [-0.4, -0.2) is 41.7 Å². The number of carbonyl (C=O) groups excluding carboxylic acids is 1. The maximum Gasteiger partial charge on any atom is 0.245 e. The van der Waals surface area contributed by atoms with Crippen molar-refractivity contribution in [1.82, 2.24) is 14.3 Å². The van der Waals surface area contributed by atoms with Crippen molar-refractivity contribution in [2.45, 2.75) is 24.3 Å². The summed E-state index contributed by atoms with van der Waals surface area (Å²) in [5.74, 6) is -3.21. The third-order valence-corrected chi connectivity index (χ3v) is 9.17. The smallest absolute Gasteiger partial charge is 0.245 e. The van der Waals surface area contributed by atoms with Crippen molar-refractivity contribution in [1.29, 1.82) is 0 Å². The van der Waals surface area contributed by atoms with Gasteiger partial charge in [0.25, 0.3) is 0 Å². The number of hydrogen-bond donors (Lipinski definition) is 0. The number of piperidine rings is 1. The van der Waals surface area contributed by atoms with Crippen LogP contribution >= 0.6 is 11.3 Å². The van der Waals surface area contributed by atoms with Crippen LogP contribution in [0.5, 0.6) is 0 Å². The van der Waals surface area contributed by atoms with Gasteiger partial charge in [-0.1, -0.05) is 17.4 Å². The summed E-state index contributed by atoms with van der Waals surface area (Å²) in [5.41, 5.74) is 1.19. The van der Waals surface area contributed by atoms with Gasteiger partial charge in [-0.3, -0.25) is 14.7 Å². The Morgan fingerprint density at radius 3 is 2.46 bits per heavy atom. The minimum atomic E-state index is -4.19. The first kappa shape index (κ1) is 25.3. The number of aromatic nitrogens is 2. The predicted molar refractivity (Wildman–Crippen MR) is 133 cm³/mol. The number of carbonyl (C=O) groups is 1. The lowest BCUT2D eigenvalue weighted by Crippen LogP contribution is -2.44. The summed E-state index contributed by atoms with van der Waals surface area (Å²) in [5, 5.41) is 0.389. The van der Waals surface area contributed by atoms with Crippen molar-refractivity contribution < 1.29 is 26.4 Å². The highest BCUT2D eigenvalue weighted by molar-refractivity contribution is 7.89. The van der Waals surface area contributed by atoms with E-state index in [2.05, 4.69) is 9.97 Å². The van der Waals surface area contributed by atoms with Gasteiger partial charge in [0.1, 0.15) is 22.3 Å². The van der Waals surface area contributed by atoms with Gasteiger partial charge >= 0.3 is 0 Å². The molecule has 0 unspecified atom stereocenters. The molecular weight excluding hydrogens is 525 g/mol. The molecule has 4 aromatic rings. The van der Waals surface area contributed by atoms with Crippen molar-refractivity contribution >= 4 is 42.6 Å². The van der Waals surface area contributed by atoms with E-state index in [-0.39, 0.29) is 38.4 Å². The van der Waals surface area contributed by atoms with Crippen LogP contribution in [0.1, 0.15) is 18.5 Å². The molecule has 7 nitrogen and oxygen atoms in total. The van der Waals surface area contributed by atoms with Gasteiger partial charge in [-0.25, -0.2) is 26.6 Å². The number of rotatable bonds is 6. The number of sulfonamides is 1. The second-order valence-corrected chi connectivity index (χ2v) is 11.5. The summed E-state index contributed by atoms with van der Waals surface area (Å²) >= 11 is 1.18. The molecular formula is C25H21F3N4O3S2. The zero-order valence-electron chi connectivity index (χ0n) is 19.4. The molecule has 1 fully saturated rings. The van der Waals surface area contributed by atoms with Gasteiger partial charge in [-0.2, -0.15) is 4.31 Å². The topological polar surface area (TPSA) is 83.5 Å². The molecule has 2 aromatic heterocycles. The molecule has 0 bridgehead atoms. The van der Waals surface area contributed by atoms with Crippen molar-refractivity contribution in [3.63, 3.8) is 0 Å². The Morgan fingerprint density at radius 2 is 1.76 bits per heavy atom. The third kappa shape index (κ3) is 5.22. The Kier molecular flexibility index (Phi) is 6.97. The maximum absolute atomic E-state index is 14.2. The van der Waals surface area contributed by atoms with Crippen LogP contribution in [-0.2, 0) is 21.4 Å². The number of amides is 1. The molecule has 1 amide bonds. The molecule has 0 spiro atoms. The van der Waals surface area contributed by atoms with Gasteiger partial charge in [-0.15, -0.1) is 0 Å². The normalized spacial score (nSPS) is 15.2. The average Bonchev–Trinajstić information content (AvgIpc) is 3.30. The molecule has 0 atom stereocenters. The number of benzene rings is 2. The summed E-state index contributed by atoms with van der Waals surface area (Å²) < 4.78 is 68.8. The molecule has 2 aromatic carbocycles. The summed E-state index contributed by atoms with van der Waals surface area (Å²) in [4.78, 5) is 23.4. The number of halogens is 3. The van der Waals surface area contributed by atoms with Crippen molar-refractivity contribution in [3.05, 3.63) is 83.9 Å². The van der Waals surface area contributed by atoms with E-state index in [0.29, 0.717) is 27.1 Å². The maximum atomic E-state index is 14.2. The van der Waals surface area contributed by atoms with E-state index in [4.69, 9.17) is 0 Å². The Labute approximate surface area is 215 Å². The second-order valence-electron chi connectivity index (χ2n) is 8.61. The minimum Gasteiger partial charge on any atom is -0.282 e. The zero-order valence-corrected chi connectivity index (χ0v) is 21.0. The van der Waals surface area contributed by atoms with Crippen LogP contribution in [0.4, 0.5) is 18.3 Å². The molecule has 0 aliphatic carbocycles. The number of anilines is 1. The van der Waals surface area contributed by atoms with E-state index < -0.39 is 38.3 Å². The number of nitrogens with zero attached hydrogens (tertiary/aromatic N) is 4. The molecule has 0 saturated carbocycles. The second kappa shape index (κ2) is 10.2. The summed E-state index contributed by atoms with van der Waals surface area (Å²) in [6.07, 6.45) is 2.03. The molecule has 5 rings (SSSR count). The zero-order chi connectivity index (χ0) is 26.2. The molecule has 37 heavy (non-hydrogen) atoms. The average molecular weight is 547 g/mol. The van der Waals surface area contributed by atoms with Crippen LogP contribution < -0.4 is 4.90 Å². The molecule has 1 aliphatic rings. The molecule has 1 aliphatic heterocycles. The van der Waals surface area contributed by atoms with Crippen LogP contribution in [0, 0.1) is 23.4 Å². The highest BCUT2D eigenvalue weighted by Gasteiger charge is 2.36. The highest BCUT2D eigenvalue weighted by Crippen LogP contribution is 2.33. The lowest BCUT2D eigenvalue weighted by atomic mass is 9.96. The Balaban J connectivity index is 1.37. The van der Waals surface area contributed by atoms with Gasteiger partial charge in [0.05, 0.1) is 22.5 Å².